The molecular weight excluding hydrogens is 196 g/mol. The minimum Gasteiger partial charge on any atom is -0.370 e. The molecule has 5 unspecified atom stereocenters. The fourth-order valence-electron chi connectivity index (χ4n) is 4.09. The van der Waals surface area contributed by atoms with Gasteiger partial charge in [0.25, 0.3) is 0 Å². The van der Waals surface area contributed by atoms with Gasteiger partial charge in [-0.1, -0.05) is 25.0 Å². The van der Waals surface area contributed by atoms with Gasteiger partial charge in [-0.15, -0.1) is 0 Å². The van der Waals surface area contributed by atoms with Crippen molar-refractivity contribution in [2.75, 3.05) is 6.61 Å². The second kappa shape index (κ2) is 3.60. The smallest absolute Gasteiger partial charge is 0.0922 e. The van der Waals surface area contributed by atoms with Crippen LogP contribution in [0.3, 0.4) is 0 Å². The molecule has 1 saturated carbocycles. The molecule has 0 N–H and O–H groups in total. The molecule has 5 atom stereocenters. The van der Waals surface area contributed by atoms with Crippen LogP contribution in [0.25, 0.3) is 0 Å². The van der Waals surface area contributed by atoms with Gasteiger partial charge >= 0.3 is 0 Å². The Labute approximate surface area is 99.3 Å². The molecule has 0 aromatic rings. The maximum atomic E-state index is 5.73. The van der Waals surface area contributed by atoms with Crippen molar-refractivity contribution in [1.82, 2.24) is 0 Å². The van der Waals surface area contributed by atoms with Crippen molar-refractivity contribution in [3.8, 4) is 0 Å². The summed E-state index contributed by atoms with van der Waals surface area (Å²) >= 11 is 0. The van der Waals surface area contributed by atoms with Gasteiger partial charge in [0.1, 0.15) is 0 Å². The molecule has 2 aliphatic carbocycles. The van der Waals surface area contributed by atoms with Crippen molar-refractivity contribution in [3.05, 3.63) is 11.6 Å². The number of allylic oxidation sites excluding steroid dienone is 2. The van der Waals surface area contributed by atoms with Gasteiger partial charge in [0.15, 0.2) is 0 Å². The average Bonchev–Trinajstić information content (AvgIpc) is 2.97. The molecule has 3 aliphatic rings. The molecular formula is C15H24O. The monoisotopic (exact) mass is 220 g/mol. The summed E-state index contributed by atoms with van der Waals surface area (Å²) in [5.74, 6) is 3.46. The van der Waals surface area contributed by atoms with E-state index in [0.717, 1.165) is 30.3 Å². The topological polar surface area (TPSA) is 12.5 Å². The van der Waals surface area contributed by atoms with Crippen LogP contribution in [-0.2, 0) is 4.74 Å². The number of fused-ring (bicyclic) bond motifs is 1. The van der Waals surface area contributed by atoms with Gasteiger partial charge in [-0.25, -0.2) is 0 Å². The van der Waals surface area contributed by atoms with Crippen LogP contribution in [0, 0.1) is 23.7 Å². The highest BCUT2D eigenvalue weighted by Crippen LogP contribution is 2.53. The summed E-state index contributed by atoms with van der Waals surface area (Å²) < 4.78 is 5.73. The van der Waals surface area contributed by atoms with Crippen molar-refractivity contribution in [2.24, 2.45) is 23.7 Å². The summed E-state index contributed by atoms with van der Waals surface area (Å²) in [6.07, 6.45) is 8.12. The first-order valence-corrected chi connectivity index (χ1v) is 6.91. The lowest BCUT2D eigenvalue weighted by Gasteiger charge is -2.45. The van der Waals surface area contributed by atoms with E-state index in [4.69, 9.17) is 4.74 Å². The van der Waals surface area contributed by atoms with Crippen LogP contribution in [0.15, 0.2) is 11.6 Å². The van der Waals surface area contributed by atoms with Crippen molar-refractivity contribution < 1.29 is 4.74 Å². The van der Waals surface area contributed by atoms with Crippen LogP contribution in [0.5, 0.6) is 0 Å². The number of epoxide rings is 1. The standard InChI is InChI=1S/C15H24O/c1-10-4-6-12-11(2)5-7-14(13(12)8-10)15(3)9-16-15/h8,11-14H,4-7,9H2,1-3H3. The van der Waals surface area contributed by atoms with Crippen LogP contribution in [-0.4, -0.2) is 12.2 Å². The third-order valence-electron chi connectivity index (χ3n) is 5.36. The van der Waals surface area contributed by atoms with Gasteiger partial charge in [0, 0.05) is 0 Å². The Balaban J connectivity index is 1.87. The molecule has 0 spiro atoms. The lowest BCUT2D eigenvalue weighted by atomic mass is 9.60. The Kier molecular flexibility index (Phi) is 2.43. The van der Waals surface area contributed by atoms with E-state index in [2.05, 4.69) is 26.8 Å². The van der Waals surface area contributed by atoms with E-state index in [9.17, 15) is 0 Å². The number of rotatable bonds is 1. The SMILES string of the molecule is CC1=CC2C(CC1)C(C)CCC2C1(C)CO1. The Bertz CT molecular complexity index is 313. The van der Waals surface area contributed by atoms with Crippen LogP contribution in [0.4, 0.5) is 0 Å². The zero-order valence-corrected chi connectivity index (χ0v) is 10.8. The van der Waals surface area contributed by atoms with Gasteiger partial charge in [-0.3, -0.25) is 0 Å². The molecule has 3 rings (SSSR count). The molecule has 0 aromatic carbocycles. The van der Waals surface area contributed by atoms with Gasteiger partial charge < -0.3 is 4.74 Å². The summed E-state index contributed by atoms with van der Waals surface area (Å²) in [6, 6.07) is 0. The normalized spacial score (nSPS) is 51.8. The molecule has 1 aliphatic heterocycles. The van der Waals surface area contributed by atoms with Gasteiger partial charge in [0.2, 0.25) is 0 Å². The van der Waals surface area contributed by atoms with Gasteiger partial charge in [0.05, 0.1) is 12.2 Å². The molecule has 0 aromatic heterocycles. The average molecular weight is 220 g/mol. The maximum absolute atomic E-state index is 5.73. The molecule has 2 fully saturated rings. The minimum absolute atomic E-state index is 0.233. The highest BCUT2D eigenvalue weighted by atomic mass is 16.6. The van der Waals surface area contributed by atoms with E-state index in [1.807, 2.05) is 0 Å². The second-order valence-corrected chi connectivity index (χ2v) is 6.56. The first-order valence-electron chi connectivity index (χ1n) is 6.91. The van der Waals surface area contributed by atoms with Crippen LogP contribution < -0.4 is 0 Å². The quantitative estimate of drug-likeness (QED) is 0.484. The summed E-state index contributed by atoms with van der Waals surface area (Å²) in [5, 5.41) is 0. The Morgan fingerprint density at radius 2 is 2.06 bits per heavy atom. The van der Waals surface area contributed by atoms with Crippen molar-refractivity contribution in [3.63, 3.8) is 0 Å². The van der Waals surface area contributed by atoms with Crippen molar-refractivity contribution in [1.29, 1.82) is 0 Å². The maximum Gasteiger partial charge on any atom is 0.0922 e. The molecule has 0 bridgehead atoms. The minimum atomic E-state index is 0.233. The predicted molar refractivity (Wildman–Crippen MR) is 66.2 cm³/mol. The third-order valence-corrected chi connectivity index (χ3v) is 5.36. The molecule has 1 nitrogen and oxygen atoms in total. The predicted octanol–water partition coefficient (Wildman–Crippen LogP) is 3.79. The van der Waals surface area contributed by atoms with Crippen molar-refractivity contribution >= 4 is 0 Å². The largest absolute Gasteiger partial charge is 0.370 e. The molecule has 1 saturated heterocycles. The fourth-order valence-corrected chi connectivity index (χ4v) is 4.09. The van der Waals surface area contributed by atoms with E-state index in [1.165, 1.54) is 25.7 Å². The lowest BCUT2D eigenvalue weighted by Crippen LogP contribution is -2.40. The summed E-state index contributed by atoms with van der Waals surface area (Å²) in [4.78, 5) is 0. The Morgan fingerprint density at radius 3 is 2.75 bits per heavy atom. The Hall–Kier alpha value is -0.300. The van der Waals surface area contributed by atoms with E-state index in [1.54, 1.807) is 5.57 Å². The van der Waals surface area contributed by atoms with E-state index >= 15 is 0 Å². The summed E-state index contributed by atoms with van der Waals surface area (Å²) in [6.45, 7) is 8.09. The molecule has 0 amide bonds. The van der Waals surface area contributed by atoms with Crippen LogP contribution in [0.2, 0.25) is 0 Å². The first kappa shape index (κ1) is 10.8. The van der Waals surface area contributed by atoms with Crippen LogP contribution >= 0.6 is 0 Å². The highest BCUT2D eigenvalue weighted by molar-refractivity contribution is 5.14. The zero-order chi connectivity index (χ0) is 11.3. The lowest BCUT2D eigenvalue weighted by molar-refractivity contribution is 0.0637. The zero-order valence-electron chi connectivity index (χ0n) is 10.8. The number of hydrogen-bond acceptors (Lipinski definition) is 1. The summed E-state index contributed by atoms with van der Waals surface area (Å²) in [5.41, 5.74) is 1.85. The van der Waals surface area contributed by atoms with Crippen LogP contribution in [0.1, 0.15) is 46.5 Å². The van der Waals surface area contributed by atoms with Crippen molar-refractivity contribution in [2.45, 2.75) is 52.1 Å². The molecule has 16 heavy (non-hydrogen) atoms. The van der Waals surface area contributed by atoms with E-state index in [-0.39, 0.29) is 5.60 Å². The molecule has 1 heterocycles. The van der Waals surface area contributed by atoms with E-state index in [0.29, 0.717) is 0 Å². The number of hydrogen-bond donors (Lipinski definition) is 0. The van der Waals surface area contributed by atoms with E-state index < -0.39 is 0 Å². The van der Waals surface area contributed by atoms with Gasteiger partial charge in [-0.05, 0) is 56.8 Å². The second-order valence-electron chi connectivity index (χ2n) is 6.56. The third kappa shape index (κ3) is 1.64. The van der Waals surface area contributed by atoms with Gasteiger partial charge in [-0.2, -0.15) is 0 Å². The highest BCUT2D eigenvalue weighted by Gasteiger charge is 2.53. The molecule has 1 heteroatoms. The molecule has 0 radical (unpaired) electrons. The Morgan fingerprint density at radius 1 is 1.31 bits per heavy atom. The number of ether oxygens (including phenoxy) is 1. The summed E-state index contributed by atoms with van der Waals surface area (Å²) in [7, 11) is 0. The molecule has 90 valence electrons. The first-order chi connectivity index (χ1) is 7.60. The fraction of sp³-hybridized carbons (Fsp3) is 0.867.